The molecule has 2 atom stereocenters. The topological polar surface area (TPSA) is 99.1 Å². The van der Waals surface area contributed by atoms with Crippen LogP contribution in [0.15, 0.2) is 42.5 Å². The third-order valence-electron chi connectivity index (χ3n) is 4.76. The van der Waals surface area contributed by atoms with Crippen molar-refractivity contribution in [2.45, 2.75) is 31.3 Å². The van der Waals surface area contributed by atoms with E-state index >= 15 is 0 Å². The average molecular weight is 459 g/mol. The van der Waals surface area contributed by atoms with E-state index in [9.17, 15) is 33.0 Å². The second-order valence-electron chi connectivity index (χ2n) is 6.90. The summed E-state index contributed by atoms with van der Waals surface area (Å²) in [6.07, 6.45) is -6.77. The van der Waals surface area contributed by atoms with Crippen LogP contribution in [0, 0.1) is 0 Å². The maximum Gasteiger partial charge on any atom is 0.573 e. The van der Waals surface area contributed by atoms with Crippen LogP contribution in [-0.2, 0) is 4.79 Å². The molecule has 2 aromatic rings. The second kappa shape index (κ2) is 9.03. The lowest BCUT2D eigenvalue weighted by Gasteiger charge is -2.34. The molecule has 1 saturated heterocycles. The minimum absolute atomic E-state index is 0.0181. The van der Waals surface area contributed by atoms with Gasteiger partial charge in [0, 0.05) is 29.8 Å². The van der Waals surface area contributed by atoms with Crippen molar-refractivity contribution in [2.75, 3.05) is 11.9 Å². The van der Waals surface area contributed by atoms with Crippen LogP contribution in [0.4, 0.5) is 23.7 Å². The zero-order valence-corrected chi connectivity index (χ0v) is 16.7. The van der Waals surface area contributed by atoms with E-state index in [2.05, 4.69) is 10.1 Å². The standard InChI is InChI=1S/C20H18ClF3N2O5/c21-15-9-11(25-18(28)16-10-12(27)7-8-26(16)19(29)30)5-6-13(15)14-3-1-2-4-17(14)31-20(22,23)24/h1-6,9,12,16,27H,7-8,10H2,(H,25,28)(H,29,30)/t12-,16-/m1/s1. The van der Waals surface area contributed by atoms with Crippen molar-refractivity contribution in [3.8, 4) is 16.9 Å². The number of piperidine rings is 1. The number of aliphatic hydroxyl groups is 1. The lowest BCUT2D eigenvalue weighted by atomic mass is 9.99. The Kier molecular flexibility index (Phi) is 6.61. The summed E-state index contributed by atoms with van der Waals surface area (Å²) in [5.74, 6) is -1.08. The fraction of sp³-hybridized carbons (Fsp3) is 0.300. The van der Waals surface area contributed by atoms with Crippen molar-refractivity contribution in [3.05, 3.63) is 47.5 Å². The van der Waals surface area contributed by atoms with Crippen molar-refractivity contribution in [2.24, 2.45) is 0 Å². The van der Waals surface area contributed by atoms with E-state index in [1.54, 1.807) is 0 Å². The Labute approximate surface area is 180 Å². The van der Waals surface area contributed by atoms with Crippen LogP contribution < -0.4 is 10.1 Å². The van der Waals surface area contributed by atoms with Gasteiger partial charge in [-0.1, -0.05) is 35.9 Å². The summed E-state index contributed by atoms with van der Waals surface area (Å²) in [4.78, 5) is 24.9. The highest BCUT2D eigenvalue weighted by atomic mass is 35.5. The summed E-state index contributed by atoms with van der Waals surface area (Å²) in [5.41, 5.74) is 0.577. The van der Waals surface area contributed by atoms with Crippen LogP contribution in [0.2, 0.25) is 5.02 Å². The molecule has 2 amide bonds. The van der Waals surface area contributed by atoms with E-state index in [1.165, 1.54) is 36.4 Å². The molecule has 1 fully saturated rings. The fourth-order valence-corrected chi connectivity index (χ4v) is 3.65. The first-order valence-corrected chi connectivity index (χ1v) is 9.56. The summed E-state index contributed by atoms with van der Waals surface area (Å²) >= 11 is 6.25. The third kappa shape index (κ3) is 5.59. The number of ether oxygens (including phenoxy) is 1. The highest BCUT2D eigenvalue weighted by molar-refractivity contribution is 6.33. The first-order valence-electron chi connectivity index (χ1n) is 9.18. The Bertz CT molecular complexity index is 986. The number of carbonyl (C=O) groups is 2. The number of carboxylic acid groups (broad SMARTS) is 1. The molecule has 31 heavy (non-hydrogen) atoms. The largest absolute Gasteiger partial charge is 0.573 e. The van der Waals surface area contributed by atoms with Crippen LogP contribution in [-0.4, -0.2) is 52.2 Å². The Morgan fingerprint density at radius 3 is 2.52 bits per heavy atom. The number of rotatable bonds is 4. The number of hydrogen-bond donors (Lipinski definition) is 3. The molecule has 3 rings (SSSR count). The van der Waals surface area contributed by atoms with Crippen molar-refractivity contribution in [3.63, 3.8) is 0 Å². The first kappa shape index (κ1) is 22.7. The molecule has 1 aliphatic rings. The van der Waals surface area contributed by atoms with Crippen LogP contribution in [0.3, 0.4) is 0 Å². The molecular formula is C20H18ClF3N2O5. The lowest BCUT2D eigenvalue weighted by Crippen LogP contribution is -2.52. The second-order valence-corrected chi connectivity index (χ2v) is 7.31. The van der Waals surface area contributed by atoms with E-state index in [4.69, 9.17) is 11.6 Å². The van der Waals surface area contributed by atoms with Crippen LogP contribution >= 0.6 is 11.6 Å². The molecule has 7 nitrogen and oxygen atoms in total. The predicted molar refractivity (Wildman–Crippen MR) is 106 cm³/mol. The predicted octanol–water partition coefficient (Wildman–Crippen LogP) is 4.35. The number of para-hydroxylation sites is 1. The number of likely N-dealkylation sites (tertiary alicyclic amines) is 1. The SMILES string of the molecule is O=C(Nc1ccc(-c2ccccc2OC(F)(F)F)c(Cl)c1)[C@H]1C[C@H](O)CCN1C(=O)O. The zero-order valence-electron chi connectivity index (χ0n) is 15.9. The van der Waals surface area contributed by atoms with Gasteiger partial charge in [-0.15, -0.1) is 13.2 Å². The summed E-state index contributed by atoms with van der Waals surface area (Å²) in [7, 11) is 0. The molecule has 3 N–H and O–H groups in total. The number of hydrogen-bond acceptors (Lipinski definition) is 4. The Hall–Kier alpha value is -2.98. The van der Waals surface area contributed by atoms with Gasteiger partial charge in [0.1, 0.15) is 11.8 Å². The average Bonchev–Trinajstić information content (AvgIpc) is 2.67. The number of aliphatic hydroxyl groups excluding tert-OH is 1. The summed E-state index contributed by atoms with van der Waals surface area (Å²) < 4.78 is 42.1. The van der Waals surface area contributed by atoms with E-state index in [0.717, 1.165) is 11.0 Å². The van der Waals surface area contributed by atoms with Gasteiger partial charge in [-0.3, -0.25) is 9.69 Å². The van der Waals surface area contributed by atoms with Gasteiger partial charge in [-0.05, 0) is 24.6 Å². The van der Waals surface area contributed by atoms with Crippen molar-refractivity contribution in [1.82, 2.24) is 4.90 Å². The molecule has 0 aliphatic carbocycles. The van der Waals surface area contributed by atoms with E-state index in [0.29, 0.717) is 0 Å². The van der Waals surface area contributed by atoms with Crippen molar-refractivity contribution < 1.29 is 37.7 Å². The van der Waals surface area contributed by atoms with Gasteiger partial charge in [0.2, 0.25) is 5.91 Å². The molecule has 0 aromatic heterocycles. The number of nitrogens with zero attached hydrogens (tertiary/aromatic N) is 1. The van der Waals surface area contributed by atoms with E-state index < -0.39 is 36.3 Å². The summed E-state index contributed by atoms with van der Waals surface area (Å²) in [5, 5.41) is 21.7. The smallest absolute Gasteiger partial charge is 0.465 e. The molecule has 2 aromatic carbocycles. The molecule has 0 radical (unpaired) electrons. The molecule has 0 bridgehead atoms. The highest BCUT2D eigenvalue weighted by Gasteiger charge is 2.36. The Balaban J connectivity index is 1.82. The zero-order chi connectivity index (χ0) is 22.8. The van der Waals surface area contributed by atoms with Crippen molar-refractivity contribution in [1.29, 1.82) is 0 Å². The maximum absolute atomic E-state index is 12.7. The lowest BCUT2D eigenvalue weighted by molar-refractivity contribution is -0.274. The van der Waals surface area contributed by atoms with Crippen LogP contribution in [0.5, 0.6) is 5.75 Å². The normalized spacial score (nSPS) is 19.1. The van der Waals surface area contributed by atoms with Gasteiger partial charge in [0.25, 0.3) is 0 Å². The van der Waals surface area contributed by atoms with Gasteiger partial charge >= 0.3 is 12.5 Å². The summed E-state index contributed by atoms with van der Waals surface area (Å²) in [6.45, 7) is 0.0181. The molecule has 1 aliphatic heterocycles. The van der Waals surface area contributed by atoms with Gasteiger partial charge in [-0.25, -0.2) is 4.79 Å². The molecule has 0 saturated carbocycles. The van der Waals surface area contributed by atoms with Gasteiger partial charge < -0.3 is 20.3 Å². The van der Waals surface area contributed by atoms with E-state index in [1.807, 2.05) is 0 Å². The van der Waals surface area contributed by atoms with Crippen LogP contribution in [0.25, 0.3) is 11.1 Å². The van der Waals surface area contributed by atoms with E-state index in [-0.39, 0.29) is 41.2 Å². The quantitative estimate of drug-likeness (QED) is 0.632. The van der Waals surface area contributed by atoms with Crippen molar-refractivity contribution >= 4 is 29.3 Å². The molecule has 0 unspecified atom stereocenters. The molecule has 1 heterocycles. The molecule has 11 heteroatoms. The first-order chi connectivity index (χ1) is 14.5. The third-order valence-corrected chi connectivity index (χ3v) is 5.08. The van der Waals surface area contributed by atoms with Crippen LogP contribution in [0.1, 0.15) is 12.8 Å². The number of anilines is 1. The molecule has 166 valence electrons. The minimum Gasteiger partial charge on any atom is -0.465 e. The molecular weight excluding hydrogens is 441 g/mol. The summed E-state index contributed by atoms with van der Waals surface area (Å²) in [6, 6.07) is 8.58. The molecule has 0 spiro atoms. The number of carbonyl (C=O) groups excluding carboxylic acids is 1. The number of halogens is 4. The fourth-order valence-electron chi connectivity index (χ4n) is 3.36. The van der Waals surface area contributed by atoms with Gasteiger partial charge in [-0.2, -0.15) is 0 Å². The number of benzene rings is 2. The monoisotopic (exact) mass is 458 g/mol. The van der Waals surface area contributed by atoms with Gasteiger partial charge in [0.05, 0.1) is 11.1 Å². The highest BCUT2D eigenvalue weighted by Crippen LogP contribution is 2.38. The number of nitrogens with one attached hydrogen (secondary N) is 1. The Morgan fingerprint density at radius 2 is 1.87 bits per heavy atom. The number of alkyl halides is 3. The van der Waals surface area contributed by atoms with Gasteiger partial charge in [0.15, 0.2) is 0 Å². The minimum atomic E-state index is -4.88. The number of amides is 2. The maximum atomic E-state index is 12.7. The Morgan fingerprint density at radius 1 is 1.16 bits per heavy atom.